The maximum atomic E-state index is 5.56. The number of anilines is 1. The van der Waals surface area contributed by atoms with Crippen LogP contribution in [0.4, 0.5) is 5.82 Å². The van der Waals surface area contributed by atoms with E-state index in [0.29, 0.717) is 0 Å². The summed E-state index contributed by atoms with van der Waals surface area (Å²) in [4.78, 5) is 13.6. The van der Waals surface area contributed by atoms with Crippen molar-refractivity contribution in [3.63, 3.8) is 0 Å². The van der Waals surface area contributed by atoms with Crippen molar-refractivity contribution in [3.05, 3.63) is 41.0 Å². The fourth-order valence-electron chi connectivity index (χ4n) is 3.72. The molecule has 1 fully saturated rings. The molecule has 2 aromatic heterocycles. The summed E-state index contributed by atoms with van der Waals surface area (Å²) in [5.41, 5.74) is 1.17. The van der Waals surface area contributed by atoms with Crippen LogP contribution in [-0.4, -0.2) is 61.9 Å². The van der Waals surface area contributed by atoms with Gasteiger partial charge in [-0.25, -0.2) is 9.97 Å². The molecule has 1 atom stereocenters. The molecular formula is C21H26N4O3S. The molecule has 1 N–H and O–H groups in total. The fraction of sp³-hybridized carbons (Fsp3) is 0.429. The predicted octanol–water partition coefficient (Wildman–Crippen LogP) is 3.50. The van der Waals surface area contributed by atoms with Gasteiger partial charge < -0.3 is 19.5 Å². The van der Waals surface area contributed by atoms with E-state index >= 15 is 0 Å². The Morgan fingerprint density at radius 1 is 1.14 bits per heavy atom. The van der Waals surface area contributed by atoms with E-state index in [1.165, 1.54) is 10.4 Å². The highest BCUT2D eigenvalue weighted by molar-refractivity contribution is 7.18. The number of benzene rings is 1. The minimum absolute atomic E-state index is 0.156. The lowest BCUT2D eigenvalue weighted by Gasteiger charge is -2.35. The smallest absolute Gasteiger partial charge is 0.161 e. The molecule has 7 nitrogen and oxygen atoms in total. The largest absolute Gasteiger partial charge is 0.493 e. The number of nitrogens with zero attached hydrogens (tertiary/aromatic N) is 3. The van der Waals surface area contributed by atoms with E-state index in [0.717, 1.165) is 60.4 Å². The summed E-state index contributed by atoms with van der Waals surface area (Å²) in [5.74, 6) is 2.34. The number of morpholine rings is 1. The van der Waals surface area contributed by atoms with E-state index in [4.69, 9.17) is 14.2 Å². The normalized spacial score (nSPS) is 16.0. The fourth-order valence-corrected chi connectivity index (χ4v) is 4.56. The molecule has 1 aromatic carbocycles. The lowest BCUT2D eigenvalue weighted by molar-refractivity contribution is 0.0186. The highest BCUT2D eigenvalue weighted by atomic mass is 32.1. The second-order valence-corrected chi connectivity index (χ2v) is 8.19. The molecule has 1 aliphatic rings. The molecule has 4 rings (SSSR count). The third-order valence-electron chi connectivity index (χ3n) is 5.19. The van der Waals surface area contributed by atoms with Crippen molar-refractivity contribution in [1.82, 2.24) is 14.9 Å². The van der Waals surface area contributed by atoms with E-state index in [-0.39, 0.29) is 6.04 Å². The third kappa shape index (κ3) is 4.29. The van der Waals surface area contributed by atoms with Crippen molar-refractivity contribution in [2.45, 2.75) is 13.0 Å². The Morgan fingerprint density at radius 3 is 2.69 bits per heavy atom. The molecule has 0 saturated carbocycles. The second kappa shape index (κ2) is 8.94. The van der Waals surface area contributed by atoms with Gasteiger partial charge in [-0.1, -0.05) is 6.07 Å². The third-order valence-corrected chi connectivity index (χ3v) is 6.15. The van der Waals surface area contributed by atoms with Gasteiger partial charge in [0.1, 0.15) is 17.0 Å². The average Bonchev–Trinajstić information content (AvgIpc) is 3.15. The number of nitrogens with one attached hydrogen (secondary N) is 1. The van der Waals surface area contributed by atoms with Gasteiger partial charge in [-0.15, -0.1) is 11.3 Å². The first-order chi connectivity index (χ1) is 14.2. The zero-order chi connectivity index (χ0) is 20.2. The van der Waals surface area contributed by atoms with Crippen LogP contribution in [0.15, 0.2) is 30.6 Å². The first-order valence-electron chi connectivity index (χ1n) is 9.68. The summed E-state index contributed by atoms with van der Waals surface area (Å²) < 4.78 is 16.5. The summed E-state index contributed by atoms with van der Waals surface area (Å²) in [6.07, 6.45) is 1.63. The Labute approximate surface area is 174 Å². The van der Waals surface area contributed by atoms with E-state index in [9.17, 15) is 0 Å². The first-order valence-corrected chi connectivity index (χ1v) is 10.5. The molecule has 3 heterocycles. The number of hydrogen-bond donors (Lipinski definition) is 1. The Morgan fingerprint density at radius 2 is 1.93 bits per heavy atom. The first kappa shape index (κ1) is 19.9. The topological polar surface area (TPSA) is 68.7 Å². The zero-order valence-electron chi connectivity index (χ0n) is 17.0. The number of aryl methyl sites for hydroxylation is 1. The van der Waals surface area contributed by atoms with Crippen LogP contribution in [-0.2, 0) is 4.74 Å². The van der Waals surface area contributed by atoms with Crippen LogP contribution >= 0.6 is 11.3 Å². The van der Waals surface area contributed by atoms with Crippen molar-refractivity contribution in [2.24, 2.45) is 0 Å². The number of hydrogen-bond acceptors (Lipinski definition) is 8. The van der Waals surface area contributed by atoms with Crippen molar-refractivity contribution in [3.8, 4) is 11.5 Å². The van der Waals surface area contributed by atoms with Crippen molar-refractivity contribution in [1.29, 1.82) is 0 Å². The summed E-state index contributed by atoms with van der Waals surface area (Å²) in [6.45, 7) is 6.07. The van der Waals surface area contributed by atoms with Crippen molar-refractivity contribution < 1.29 is 14.2 Å². The second-order valence-electron chi connectivity index (χ2n) is 6.96. The number of rotatable bonds is 7. The van der Waals surface area contributed by atoms with Gasteiger partial charge in [0.25, 0.3) is 0 Å². The highest BCUT2D eigenvalue weighted by Crippen LogP contribution is 2.33. The van der Waals surface area contributed by atoms with Crippen LogP contribution in [0.5, 0.6) is 11.5 Å². The van der Waals surface area contributed by atoms with Gasteiger partial charge in [0.05, 0.1) is 38.9 Å². The lowest BCUT2D eigenvalue weighted by atomic mass is 10.0. The summed E-state index contributed by atoms with van der Waals surface area (Å²) in [5, 5.41) is 4.64. The summed E-state index contributed by atoms with van der Waals surface area (Å²) in [7, 11) is 3.32. The van der Waals surface area contributed by atoms with E-state index in [2.05, 4.69) is 45.3 Å². The molecule has 0 spiro atoms. The standard InChI is InChI=1S/C21H26N4O3S/c1-14-10-16-20(23-13-24-21(16)29-14)22-12-17(25-6-8-28-9-7-25)15-4-5-18(26-2)19(11-15)27-3/h4-5,10-11,13,17H,6-9,12H2,1-3H3,(H,22,23,24). The van der Waals surface area contributed by atoms with Crippen LogP contribution in [0.25, 0.3) is 10.2 Å². The quantitative estimate of drug-likeness (QED) is 0.634. The van der Waals surface area contributed by atoms with Crippen LogP contribution in [0.3, 0.4) is 0 Å². The van der Waals surface area contributed by atoms with E-state index in [1.54, 1.807) is 31.9 Å². The minimum Gasteiger partial charge on any atom is -0.493 e. The Hall–Kier alpha value is -2.42. The van der Waals surface area contributed by atoms with Gasteiger partial charge in [0.15, 0.2) is 11.5 Å². The summed E-state index contributed by atoms with van der Waals surface area (Å²) in [6, 6.07) is 8.43. The SMILES string of the molecule is COc1ccc(C(CNc2ncnc3sc(C)cc23)N2CCOCC2)cc1OC. The van der Waals surface area contributed by atoms with Crippen LogP contribution < -0.4 is 14.8 Å². The average molecular weight is 415 g/mol. The molecule has 0 amide bonds. The number of fused-ring (bicyclic) bond motifs is 1. The Bertz CT molecular complexity index is 972. The lowest BCUT2D eigenvalue weighted by Crippen LogP contribution is -2.41. The van der Waals surface area contributed by atoms with Crippen LogP contribution in [0.2, 0.25) is 0 Å². The molecular weight excluding hydrogens is 388 g/mol. The Kier molecular flexibility index (Phi) is 6.13. The van der Waals surface area contributed by atoms with Crippen LogP contribution in [0, 0.1) is 6.92 Å². The minimum atomic E-state index is 0.156. The van der Waals surface area contributed by atoms with E-state index < -0.39 is 0 Å². The van der Waals surface area contributed by atoms with Crippen LogP contribution in [0.1, 0.15) is 16.5 Å². The monoisotopic (exact) mass is 414 g/mol. The van der Waals surface area contributed by atoms with Gasteiger partial charge in [-0.05, 0) is 30.7 Å². The van der Waals surface area contributed by atoms with Gasteiger partial charge in [0, 0.05) is 24.5 Å². The molecule has 29 heavy (non-hydrogen) atoms. The highest BCUT2D eigenvalue weighted by Gasteiger charge is 2.24. The molecule has 3 aromatic rings. The molecule has 0 radical (unpaired) electrons. The maximum absolute atomic E-state index is 5.56. The van der Waals surface area contributed by atoms with Gasteiger partial charge in [-0.2, -0.15) is 0 Å². The molecule has 1 unspecified atom stereocenters. The van der Waals surface area contributed by atoms with Gasteiger partial charge in [0.2, 0.25) is 0 Å². The molecule has 1 saturated heterocycles. The number of ether oxygens (including phenoxy) is 3. The number of methoxy groups -OCH3 is 2. The number of thiophene rings is 1. The molecule has 0 bridgehead atoms. The Balaban J connectivity index is 1.62. The molecule has 0 aliphatic carbocycles. The molecule has 154 valence electrons. The van der Waals surface area contributed by atoms with Crippen molar-refractivity contribution in [2.75, 3.05) is 52.4 Å². The summed E-state index contributed by atoms with van der Waals surface area (Å²) >= 11 is 1.69. The van der Waals surface area contributed by atoms with E-state index in [1.807, 2.05) is 6.07 Å². The van der Waals surface area contributed by atoms with Gasteiger partial charge >= 0.3 is 0 Å². The van der Waals surface area contributed by atoms with Crippen molar-refractivity contribution >= 4 is 27.4 Å². The zero-order valence-corrected chi connectivity index (χ0v) is 17.8. The number of aromatic nitrogens is 2. The molecule has 1 aliphatic heterocycles. The predicted molar refractivity (Wildman–Crippen MR) is 115 cm³/mol. The molecule has 8 heteroatoms. The maximum Gasteiger partial charge on any atom is 0.161 e. The van der Waals surface area contributed by atoms with Gasteiger partial charge in [-0.3, -0.25) is 4.90 Å².